The molecule has 0 heterocycles. The second-order valence-corrected chi connectivity index (χ2v) is 21.0. The van der Waals surface area contributed by atoms with Crippen molar-refractivity contribution in [3.63, 3.8) is 0 Å². The maximum Gasteiger partial charge on any atom is 0.306 e. The van der Waals surface area contributed by atoms with Gasteiger partial charge in [0.25, 0.3) is 0 Å². The van der Waals surface area contributed by atoms with Crippen molar-refractivity contribution in [3.8, 4) is 0 Å². The Balaban J connectivity index is 4.23. The first-order valence-electron chi connectivity index (χ1n) is 31.1. The Hall–Kier alpha value is -2.63. The van der Waals surface area contributed by atoms with Crippen LogP contribution >= 0.6 is 0 Å². The summed E-state index contributed by atoms with van der Waals surface area (Å²) in [4.78, 5) is 38.2. The smallest absolute Gasteiger partial charge is 0.306 e. The number of hydrogen-bond donors (Lipinski definition) is 0. The highest BCUT2D eigenvalue weighted by molar-refractivity contribution is 5.71. The van der Waals surface area contributed by atoms with E-state index in [1.165, 1.54) is 212 Å². The summed E-state index contributed by atoms with van der Waals surface area (Å²) in [6, 6.07) is 0. The van der Waals surface area contributed by atoms with E-state index in [-0.39, 0.29) is 31.1 Å². The minimum Gasteiger partial charge on any atom is -0.462 e. The SMILES string of the molecule is CCCC/C=C\CCCCCCCC(=O)OCC(COC(=O)CCCCCCCCCCCCCCC/C=C\CCCCCCCCCC)OC(=O)CCCCCCCCC/C=C\C/C=C\CCCCC. The second kappa shape index (κ2) is 59.9. The van der Waals surface area contributed by atoms with Gasteiger partial charge in [-0.25, -0.2) is 0 Å². The normalized spacial score (nSPS) is 12.3. The molecule has 0 radical (unpaired) electrons. The third-order valence-electron chi connectivity index (χ3n) is 13.8. The number of ether oxygens (including phenoxy) is 3. The summed E-state index contributed by atoms with van der Waals surface area (Å²) in [6.45, 7) is 6.60. The number of rotatable bonds is 57. The first-order valence-corrected chi connectivity index (χ1v) is 31.1. The summed E-state index contributed by atoms with van der Waals surface area (Å²) in [5, 5.41) is 0. The van der Waals surface area contributed by atoms with Crippen molar-refractivity contribution in [1.29, 1.82) is 0 Å². The molecule has 0 rings (SSSR count). The molecule has 1 atom stereocenters. The third kappa shape index (κ3) is 58.1. The van der Waals surface area contributed by atoms with Gasteiger partial charge in [0.1, 0.15) is 13.2 Å². The van der Waals surface area contributed by atoms with Crippen LogP contribution in [0.25, 0.3) is 0 Å². The molecule has 0 spiro atoms. The van der Waals surface area contributed by atoms with E-state index in [0.29, 0.717) is 19.3 Å². The number of esters is 3. The lowest BCUT2D eigenvalue weighted by Gasteiger charge is -2.18. The average molecular weight is 996 g/mol. The maximum atomic E-state index is 12.9. The number of carbonyl (C=O) groups is 3. The third-order valence-corrected chi connectivity index (χ3v) is 13.8. The van der Waals surface area contributed by atoms with Gasteiger partial charge in [-0.1, -0.05) is 262 Å². The Morgan fingerprint density at radius 2 is 0.521 bits per heavy atom. The molecule has 0 fully saturated rings. The summed E-state index contributed by atoms with van der Waals surface area (Å²) < 4.78 is 16.9. The van der Waals surface area contributed by atoms with E-state index in [9.17, 15) is 14.4 Å². The van der Waals surface area contributed by atoms with Gasteiger partial charge in [-0.3, -0.25) is 14.4 Å². The van der Waals surface area contributed by atoms with Gasteiger partial charge in [0.15, 0.2) is 6.10 Å². The topological polar surface area (TPSA) is 78.9 Å². The van der Waals surface area contributed by atoms with Crippen LogP contribution in [-0.2, 0) is 28.6 Å². The van der Waals surface area contributed by atoms with Crippen molar-refractivity contribution in [2.75, 3.05) is 13.2 Å². The molecule has 0 aromatic carbocycles. The van der Waals surface area contributed by atoms with Crippen LogP contribution in [-0.4, -0.2) is 37.2 Å². The Bertz CT molecular complexity index is 1230. The zero-order chi connectivity index (χ0) is 51.4. The van der Waals surface area contributed by atoms with E-state index in [0.717, 1.165) is 77.0 Å². The van der Waals surface area contributed by atoms with Crippen LogP contribution in [0.2, 0.25) is 0 Å². The van der Waals surface area contributed by atoms with E-state index in [1.807, 2.05) is 0 Å². The standard InChI is InChI=1S/C65H118O6/c1-4-7-10-13-16-19-22-24-26-28-29-30-31-32-33-34-35-37-38-40-43-46-49-52-55-58-64(67)70-61-62(60-69-63(66)57-54-51-48-45-42-21-18-15-12-9-6-3)71-65(68)59-56-53-50-47-44-41-39-36-27-25-23-20-17-14-11-8-5-2/h15,17-18,20,25,27-29,62H,4-14,16,19,21-24,26,30-61H2,1-3H3/b18-15-,20-17-,27-25-,29-28-. The molecule has 1 unspecified atom stereocenters. The van der Waals surface area contributed by atoms with E-state index >= 15 is 0 Å². The molecule has 0 aromatic rings. The number of hydrogen-bond acceptors (Lipinski definition) is 6. The van der Waals surface area contributed by atoms with Crippen LogP contribution in [0.5, 0.6) is 0 Å². The van der Waals surface area contributed by atoms with Crippen LogP contribution in [0.1, 0.15) is 329 Å². The largest absolute Gasteiger partial charge is 0.462 e. The molecule has 0 N–H and O–H groups in total. The van der Waals surface area contributed by atoms with Crippen molar-refractivity contribution >= 4 is 17.9 Å². The minimum atomic E-state index is -0.780. The second-order valence-electron chi connectivity index (χ2n) is 21.0. The van der Waals surface area contributed by atoms with Crippen molar-refractivity contribution in [2.45, 2.75) is 335 Å². The van der Waals surface area contributed by atoms with E-state index < -0.39 is 6.10 Å². The fraction of sp³-hybridized carbons (Fsp3) is 0.831. The van der Waals surface area contributed by atoms with Gasteiger partial charge in [0, 0.05) is 19.3 Å². The molecule has 0 saturated heterocycles. The van der Waals surface area contributed by atoms with Gasteiger partial charge >= 0.3 is 17.9 Å². The van der Waals surface area contributed by atoms with Gasteiger partial charge in [0.2, 0.25) is 0 Å². The van der Waals surface area contributed by atoms with Crippen LogP contribution in [0.4, 0.5) is 0 Å². The minimum absolute atomic E-state index is 0.0769. The van der Waals surface area contributed by atoms with E-state index in [2.05, 4.69) is 69.4 Å². The molecule has 0 bridgehead atoms. The zero-order valence-electron chi connectivity index (χ0n) is 47.5. The van der Waals surface area contributed by atoms with Crippen molar-refractivity contribution in [1.82, 2.24) is 0 Å². The summed E-state index contributed by atoms with van der Waals surface area (Å²) in [5.74, 6) is -0.880. The molecule has 0 aliphatic rings. The van der Waals surface area contributed by atoms with Crippen LogP contribution in [0, 0.1) is 0 Å². The summed E-state index contributed by atoms with van der Waals surface area (Å²) >= 11 is 0. The molecule has 0 aromatic heterocycles. The highest BCUT2D eigenvalue weighted by Gasteiger charge is 2.19. The number of allylic oxidation sites excluding steroid dienone is 8. The van der Waals surface area contributed by atoms with Gasteiger partial charge in [-0.05, 0) is 96.3 Å². The van der Waals surface area contributed by atoms with Gasteiger partial charge in [0.05, 0.1) is 0 Å². The lowest BCUT2D eigenvalue weighted by atomic mass is 10.0. The molecule has 71 heavy (non-hydrogen) atoms. The van der Waals surface area contributed by atoms with Crippen molar-refractivity contribution < 1.29 is 28.6 Å². The summed E-state index contributed by atoms with van der Waals surface area (Å²) in [7, 11) is 0. The molecular formula is C65H118O6. The molecule has 0 amide bonds. The van der Waals surface area contributed by atoms with E-state index in [1.54, 1.807) is 0 Å². The molecule has 6 nitrogen and oxygen atoms in total. The molecule has 414 valence electrons. The Labute approximate surface area is 441 Å². The Morgan fingerprint density at radius 3 is 0.859 bits per heavy atom. The molecule has 0 saturated carbocycles. The summed E-state index contributed by atoms with van der Waals surface area (Å²) in [6.07, 6.45) is 74.1. The predicted molar refractivity (Wildman–Crippen MR) is 307 cm³/mol. The average Bonchev–Trinajstić information content (AvgIpc) is 3.37. The molecule has 0 aliphatic carbocycles. The van der Waals surface area contributed by atoms with Crippen LogP contribution in [0.3, 0.4) is 0 Å². The number of unbranched alkanes of at least 4 members (excludes halogenated alkanes) is 38. The monoisotopic (exact) mass is 995 g/mol. The molecule has 0 aliphatic heterocycles. The first-order chi connectivity index (χ1) is 35.0. The molecule has 6 heteroatoms. The van der Waals surface area contributed by atoms with Crippen LogP contribution in [0.15, 0.2) is 48.6 Å². The zero-order valence-corrected chi connectivity index (χ0v) is 47.5. The Morgan fingerprint density at radius 1 is 0.282 bits per heavy atom. The van der Waals surface area contributed by atoms with Crippen LogP contribution < -0.4 is 0 Å². The highest BCUT2D eigenvalue weighted by Crippen LogP contribution is 2.17. The fourth-order valence-electron chi connectivity index (χ4n) is 9.04. The van der Waals surface area contributed by atoms with E-state index in [4.69, 9.17) is 14.2 Å². The lowest BCUT2D eigenvalue weighted by molar-refractivity contribution is -0.167. The Kier molecular flexibility index (Phi) is 57.7. The summed E-state index contributed by atoms with van der Waals surface area (Å²) in [5.41, 5.74) is 0. The van der Waals surface area contributed by atoms with Crippen molar-refractivity contribution in [2.24, 2.45) is 0 Å². The maximum absolute atomic E-state index is 12.9. The highest BCUT2D eigenvalue weighted by atomic mass is 16.6. The fourth-order valence-corrected chi connectivity index (χ4v) is 9.04. The lowest BCUT2D eigenvalue weighted by Crippen LogP contribution is -2.30. The van der Waals surface area contributed by atoms with Crippen molar-refractivity contribution in [3.05, 3.63) is 48.6 Å². The number of carbonyl (C=O) groups excluding carboxylic acids is 3. The first kappa shape index (κ1) is 68.4. The van der Waals surface area contributed by atoms with Gasteiger partial charge in [-0.2, -0.15) is 0 Å². The molecular weight excluding hydrogens is 877 g/mol. The predicted octanol–water partition coefficient (Wildman–Crippen LogP) is 21.0. The van der Waals surface area contributed by atoms with Gasteiger partial charge in [-0.15, -0.1) is 0 Å². The van der Waals surface area contributed by atoms with Gasteiger partial charge < -0.3 is 14.2 Å². The quantitative estimate of drug-likeness (QED) is 0.0261.